The molecule has 8 aromatic rings. The third-order valence-corrected chi connectivity index (χ3v) is 17.2. The first-order valence-electron chi connectivity index (χ1n) is 25.7. The van der Waals surface area contributed by atoms with Gasteiger partial charge < -0.3 is 14.1 Å². The fraction of sp³-hybridized carbons (Fsp3) is 0.354. The van der Waals surface area contributed by atoms with E-state index in [4.69, 9.17) is 4.42 Å². The molecule has 0 amide bonds. The molecule has 2 aliphatic heterocycles. The lowest BCUT2D eigenvalue weighted by Crippen LogP contribution is -2.61. The van der Waals surface area contributed by atoms with Gasteiger partial charge in [-0.15, -0.1) is 0 Å². The highest BCUT2D eigenvalue weighted by molar-refractivity contribution is 6.94. The molecular weight excluding hydrogens is 836 g/mol. The zero-order chi connectivity index (χ0) is 48.7. The summed E-state index contributed by atoms with van der Waals surface area (Å²) in [7, 11) is 0. The Balaban J connectivity index is 1.23. The minimum atomic E-state index is -0.217. The first kappa shape index (κ1) is 44.2. The molecule has 2 aliphatic carbocycles. The maximum absolute atomic E-state index is 7.25. The fourth-order valence-electron chi connectivity index (χ4n) is 12.8. The number of furan rings is 1. The predicted octanol–water partition coefficient (Wildman–Crippen LogP) is 16.8. The zero-order valence-electron chi connectivity index (χ0n) is 43.8. The molecule has 0 saturated heterocycles. The summed E-state index contributed by atoms with van der Waals surface area (Å²) >= 11 is 0. The average molecular weight is 905 g/mol. The van der Waals surface area contributed by atoms with Crippen molar-refractivity contribution in [3.05, 3.63) is 160 Å². The summed E-state index contributed by atoms with van der Waals surface area (Å²) in [6.07, 6.45) is 2.38. The number of anilines is 5. The topological polar surface area (TPSA) is 19.6 Å². The van der Waals surface area contributed by atoms with Crippen LogP contribution in [-0.2, 0) is 32.5 Å². The molecule has 3 heterocycles. The Morgan fingerprint density at radius 1 is 0.478 bits per heavy atom. The third-order valence-electron chi connectivity index (χ3n) is 17.2. The first-order chi connectivity index (χ1) is 32.3. The lowest BCUT2D eigenvalue weighted by molar-refractivity contribution is 0.331. The smallest absolute Gasteiger partial charge is 0.333 e. The molecule has 69 heavy (non-hydrogen) atoms. The van der Waals surface area contributed by atoms with E-state index in [9.17, 15) is 0 Å². The van der Waals surface area contributed by atoms with Gasteiger partial charge in [0, 0.05) is 55.8 Å². The van der Waals surface area contributed by atoms with E-state index in [1.165, 1.54) is 108 Å². The maximum Gasteiger partial charge on any atom is 0.333 e. The van der Waals surface area contributed by atoms with E-state index in [-0.39, 0.29) is 39.3 Å². The van der Waals surface area contributed by atoms with Crippen LogP contribution in [0.3, 0.4) is 0 Å². The van der Waals surface area contributed by atoms with Crippen molar-refractivity contribution in [3.8, 4) is 22.3 Å². The van der Waals surface area contributed by atoms with Gasteiger partial charge in [-0.25, -0.2) is 0 Å². The van der Waals surface area contributed by atoms with Crippen LogP contribution in [0.5, 0.6) is 0 Å². The van der Waals surface area contributed by atoms with Crippen molar-refractivity contribution in [1.82, 2.24) is 0 Å². The molecule has 0 radical (unpaired) electrons. The van der Waals surface area contributed by atoms with Gasteiger partial charge in [-0.1, -0.05) is 165 Å². The second-order valence-corrected chi connectivity index (χ2v) is 26.1. The van der Waals surface area contributed by atoms with Crippen molar-refractivity contribution in [2.24, 2.45) is 0 Å². The van der Waals surface area contributed by atoms with E-state index in [0.717, 1.165) is 27.6 Å². The molecule has 7 aromatic carbocycles. The van der Waals surface area contributed by atoms with Crippen LogP contribution in [0.1, 0.15) is 156 Å². The van der Waals surface area contributed by atoms with Gasteiger partial charge in [-0.05, 0) is 162 Å². The Labute approximate surface area is 412 Å². The van der Waals surface area contributed by atoms with Crippen molar-refractivity contribution < 1.29 is 4.42 Å². The van der Waals surface area contributed by atoms with Gasteiger partial charge in [0.2, 0.25) is 0 Å². The number of fused-ring (bicyclic) bond motifs is 12. The zero-order valence-corrected chi connectivity index (χ0v) is 43.8. The molecule has 0 atom stereocenters. The van der Waals surface area contributed by atoms with Crippen molar-refractivity contribution in [2.75, 3.05) is 9.71 Å². The van der Waals surface area contributed by atoms with E-state index >= 15 is 0 Å². The molecule has 12 rings (SSSR count). The first-order valence-corrected chi connectivity index (χ1v) is 25.7. The predicted molar refractivity (Wildman–Crippen MR) is 296 cm³/mol. The van der Waals surface area contributed by atoms with Crippen LogP contribution in [0.2, 0.25) is 0 Å². The van der Waals surface area contributed by atoms with E-state index in [1.807, 2.05) is 0 Å². The molecule has 3 nitrogen and oxygen atoms in total. The highest BCUT2D eigenvalue weighted by atomic mass is 16.3. The standard InChI is InChI=1S/C65H69BN2O/c1-60(2,3)38-20-25-41(26-21-38)67-53-29-24-40(62(7,8)9)32-52(53)66-58-55(67)35-46-43-18-16-17-19-56(43)69-59(46)57(58)47-33-44-45-34-50-51(64(12,13)31-30-63(50,10)11)36-48(45)65(14,15)49(44)37-54(47)68(66)42-27-22-39(23-28-42)61(4,5)6/h16-29,32-37H,30-31H2,1-15H3. The molecule has 0 saturated carbocycles. The largest absolute Gasteiger partial charge is 0.455 e. The molecule has 348 valence electrons. The van der Waals surface area contributed by atoms with Crippen molar-refractivity contribution >= 4 is 68.1 Å². The molecule has 1 aromatic heterocycles. The number of hydrogen-bond acceptors (Lipinski definition) is 3. The van der Waals surface area contributed by atoms with Crippen LogP contribution in [-0.4, -0.2) is 6.85 Å². The van der Waals surface area contributed by atoms with Crippen molar-refractivity contribution in [2.45, 2.75) is 149 Å². The van der Waals surface area contributed by atoms with Crippen molar-refractivity contribution in [1.29, 1.82) is 0 Å². The fourth-order valence-corrected chi connectivity index (χ4v) is 12.8. The van der Waals surface area contributed by atoms with Crippen molar-refractivity contribution in [3.63, 3.8) is 0 Å². The van der Waals surface area contributed by atoms with E-state index in [0.29, 0.717) is 0 Å². The van der Waals surface area contributed by atoms with Gasteiger partial charge in [0.05, 0.1) is 0 Å². The van der Waals surface area contributed by atoms with Gasteiger partial charge in [0.25, 0.3) is 0 Å². The quantitative estimate of drug-likeness (QED) is 0.161. The highest BCUT2D eigenvalue weighted by Crippen LogP contribution is 2.59. The minimum absolute atomic E-state index is 0.0199. The average Bonchev–Trinajstić information content (AvgIpc) is 3.76. The minimum Gasteiger partial charge on any atom is -0.455 e. The van der Waals surface area contributed by atoms with E-state index in [1.54, 1.807) is 0 Å². The lowest BCUT2D eigenvalue weighted by Gasteiger charge is -2.46. The summed E-state index contributed by atoms with van der Waals surface area (Å²) in [6.45, 7) is 35.5. The number of para-hydroxylation sites is 1. The SMILES string of the molecule is CC(C)(C)c1ccc(N2B3c4cc(C(C)(C)C)ccc4N(c4ccc(C(C)(C)C)cc4)c4cc5c(oc6ccccc65)c(c43)-c3cc4c(cc32)C(C)(C)c2cc3c(cc2-4)C(C)(C)CCC3(C)C)cc1. The lowest BCUT2D eigenvalue weighted by atomic mass is 9.43. The van der Waals surface area contributed by atoms with Crippen LogP contribution in [0.4, 0.5) is 28.4 Å². The molecule has 4 heteroatoms. The number of rotatable bonds is 2. The summed E-state index contributed by atoms with van der Waals surface area (Å²) in [4.78, 5) is 5.28. The number of benzene rings is 7. The third kappa shape index (κ3) is 6.38. The Morgan fingerprint density at radius 3 is 1.65 bits per heavy atom. The molecular formula is C65H69BN2O. The summed E-state index contributed by atoms with van der Waals surface area (Å²) in [6, 6.07) is 47.8. The molecule has 0 unspecified atom stereocenters. The van der Waals surface area contributed by atoms with E-state index in [2.05, 4.69) is 235 Å². The van der Waals surface area contributed by atoms with Gasteiger partial charge in [-0.2, -0.15) is 0 Å². The van der Waals surface area contributed by atoms with Gasteiger partial charge in [0.1, 0.15) is 11.2 Å². The second-order valence-electron chi connectivity index (χ2n) is 26.1. The Kier molecular flexibility index (Phi) is 9.03. The van der Waals surface area contributed by atoms with Gasteiger partial charge in [0.15, 0.2) is 0 Å². The van der Waals surface area contributed by atoms with E-state index < -0.39 is 0 Å². The Hall–Kier alpha value is -6.00. The molecule has 4 aliphatic rings. The van der Waals surface area contributed by atoms with Crippen LogP contribution in [0.25, 0.3) is 44.2 Å². The maximum atomic E-state index is 7.25. The number of nitrogens with zero attached hydrogens (tertiary/aromatic N) is 2. The summed E-state index contributed by atoms with van der Waals surface area (Å²) in [5, 5.41) is 2.29. The number of hydrogen-bond donors (Lipinski definition) is 0. The molecule has 0 spiro atoms. The Morgan fingerprint density at radius 2 is 1.03 bits per heavy atom. The monoisotopic (exact) mass is 905 g/mol. The van der Waals surface area contributed by atoms with Crippen LogP contribution in [0.15, 0.2) is 126 Å². The summed E-state index contributed by atoms with van der Waals surface area (Å²) in [5.41, 5.74) is 25.5. The van der Waals surface area contributed by atoms with Gasteiger partial charge >= 0.3 is 6.85 Å². The highest BCUT2D eigenvalue weighted by Gasteiger charge is 2.49. The van der Waals surface area contributed by atoms with Crippen LogP contribution >= 0.6 is 0 Å². The molecule has 0 N–H and O–H groups in total. The molecule has 0 bridgehead atoms. The summed E-state index contributed by atoms with van der Waals surface area (Å²) < 4.78 is 7.25. The molecule has 0 fully saturated rings. The van der Waals surface area contributed by atoms with Gasteiger partial charge in [-0.3, -0.25) is 0 Å². The summed E-state index contributed by atoms with van der Waals surface area (Å²) in [5.74, 6) is 0. The van der Waals surface area contributed by atoms with Crippen LogP contribution < -0.4 is 20.6 Å². The van der Waals surface area contributed by atoms with Crippen LogP contribution in [0, 0.1) is 0 Å². The normalized spacial score (nSPS) is 17.3. The second kappa shape index (κ2) is 14.1. The Bertz CT molecular complexity index is 3470.